The number of aliphatic hydroxyl groups excluding tert-OH is 1. The van der Waals surface area contributed by atoms with Gasteiger partial charge in [-0.3, -0.25) is 9.35 Å². The molecular weight excluding hydrogens is 200 g/mol. The van der Waals surface area contributed by atoms with Crippen molar-refractivity contribution < 1.29 is 27.1 Å². The van der Waals surface area contributed by atoms with E-state index in [-0.39, 0.29) is 6.42 Å². The molecule has 0 bridgehead atoms. The summed E-state index contributed by atoms with van der Waals surface area (Å²) < 4.78 is 31.9. The van der Waals surface area contributed by atoms with Crippen molar-refractivity contribution in [3.8, 4) is 0 Å². The van der Waals surface area contributed by atoms with Crippen LogP contribution < -0.4 is 0 Å². The Bertz CT molecular complexity index is 279. The first-order chi connectivity index (χ1) is 5.85. The molecule has 0 aliphatic heterocycles. The van der Waals surface area contributed by atoms with Gasteiger partial charge in [-0.15, -0.1) is 0 Å². The Morgan fingerprint density at radius 2 is 2.15 bits per heavy atom. The van der Waals surface area contributed by atoms with Crippen LogP contribution in [0.5, 0.6) is 0 Å². The van der Waals surface area contributed by atoms with Gasteiger partial charge in [-0.2, -0.15) is 8.42 Å². The van der Waals surface area contributed by atoms with E-state index in [1.54, 1.807) is 0 Å². The van der Waals surface area contributed by atoms with Crippen molar-refractivity contribution in [3.63, 3.8) is 0 Å². The van der Waals surface area contributed by atoms with E-state index in [4.69, 9.17) is 9.66 Å². The fraction of sp³-hybridized carbons (Fsp3) is 0.500. The van der Waals surface area contributed by atoms with Crippen molar-refractivity contribution in [2.24, 2.45) is 0 Å². The lowest BCUT2D eigenvalue weighted by Crippen LogP contribution is -2.20. The lowest BCUT2D eigenvalue weighted by Gasteiger charge is -2.06. The van der Waals surface area contributed by atoms with E-state index in [9.17, 15) is 13.2 Å². The Hall–Kier alpha value is -0.760. The van der Waals surface area contributed by atoms with E-state index < -0.39 is 28.9 Å². The topological polar surface area (TPSA) is 101 Å². The molecule has 0 amide bonds. The third-order valence-corrected chi connectivity index (χ3v) is 1.51. The zero-order valence-corrected chi connectivity index (χ0v) is 7.53. The molecule has 0 aliphatic rings. The highest BCUT2D eigenvalue weighted by Crippen LogP contribution is 1.97. The molecule has 0 saturated carbocycles. The third kappa shape index (κ3) is 7.60. The van der Waals surface area contributed by atoms with Gasteiger partial charge in [0.1, 0.15) is 0 Å². The highest BCUT2D eigenvalue weighted by molar-refractivity contribution is 7.80. The quantitative estimate of drug-likeness (QED) is 0.444. The minimum Gasteiger partial charge on any atom is -0.390 e. The van der Waals surface area contributed by atoms with Crippen molar-refractivity contribution in [2.75, 3.05) is 6.61 Å². The molecule has 0 aromatic heterocycles. The molecule has 7 heteroatoms. The summed E-state index contributed by atoms with van der Waals surface area (Å²) >= 11 is 0. The number of allylic oxidation sites excluding steroid dienone is 1. The second-order valence-corrected chi connectivity index (χ2v) is 3.33. The smallest absolute Gasteiger partial charge is 0.390 e. The Labute approximate surface area is 75.8 Å². The van der Waals surface area contributed by atoms with Crippen LogP contribution in [0.15, 0.2) is 12.7 Å². The number of carbonyl (C=O) groups is 1. The maximum atomic E-state index is 10.6. The maximum Gasteiger partial charge on any atom is 0.397 e. The van der Waals surface area contributed by atoms with Crippen LogP contribution in [0.4, 0.5) is 0 Å². The van der Waals surface area contributed by atoms with Gasteiger partial charge in [-0.25, -0.2) is 4.18 Å². The van der Waals surface area contributed by atoms with E-state index in [1.165, 1.54) is 0 Å². The normalized spacial score (nSPS) is 13.7. The number of hydrogen-bond acceptors (Lipinski definition) is 5. The molecule has 0 aromatic carbocycles. The summed E-state index contributed by atoms with van der Waals surface area (Å²) in [6, 6.07) is 0. The summed E-state index contributed by atoms with van der Waals surface area (Å²) in [4.78, 5) is 10.6. The minimum atomic E-state index is -4.56. The Balaban J connectivity index is 3.82. The van der Waals surface area contributed by atoms with E-state index >= 15 is 0 Å². The van der Waals surface area contributed by atoms with Crippen LogP contribution in [0.1, 0.15) is 6.42 Å². The van der Waals surface area contributed by atoms with Crippen LogP contribution in [0, 0.1) is 0 Å². The SMILES string of the molecule is C=CC(=O)CC(O)COS(=O)(=O)O. The predicted octanol–water partition coefficient (Wildman–Crippen LogP) is -0.688. The molecule has 1 atom stereocenters. The summed E-state index contributed by atoms with van der Waals surface area (Å²) in [7, 11) is -4.56. The highest BCUT2D eigenvalue weighted by atomic mass is 32.3. The lowest BCUT2D eigenvalue weighted by atomic mass is 10.2. The predicted molar refractivity (Wildman–Crippen MR) is 43.3 cm³/mol. The van der Waals surface area contributed by atoms with Gasteiger partial charge in [0.05, 0.1) is 12.7 Å². The maximum absolute atomic E-state index is 10.6. The van der Waals surface area contributed by atoms with Crippen LogP contribution in [0.25, 0.3) is 0 Å². The average molecular weight is 210 g/mol. The number of carbonyl (C=O) groups excluding carboxylic acids is 1. The molecule has 2 N–H and O–H groups in total. The summed E-state index contributed by atoms with van der Waals surface area (Å²) in [5, 5.41) is 8.94. The molecule has 76 valence electrons. The molecule has 0 aromatic rings. The molecule has 0 saturated heterocycles. The molecule has 1 unspecified atom stereocenters. The van der Waals surface area contributed by atoms with Crippen molar-refractivity contribution in [1.29, 1.82) is 0 Å². The Kier molecular flexibility index (Phi) is 4.78. The highest BCUT2D eigenvalue weighted by Gasteiger charge is 2.12. The summed E-state index contributed by atoms with van der Waals surface area (Å²) in [5.41, 5.74) is 0. The molecule has 0 spiro atoms. The molecule has 0 aliphatic carbocycles. The second-order valence-electron chi connectivity index (χ2n) is 2.24. The Morgan fingerprint density at radius 3 is 2.54 bits per heavy atom. The van der Waals surface area contributed by atoms with Crippen molar-refractivity contribution in [2.45, 2.75) is 12.5 Å². The van der Waals surface area contributed by atoms with Gasteiger partial charge in [0, 0.05) is 6.42 Å². The van der Waals surface area contributed by atoms with Gasteiger partial charge in [-0.1, -0.05) is 6.58 Å². The molecule has 0 heterocycles. The molecule has 0 rings (SSSR count). The summed E-state index contributed by atoms with van der Waals surface area (Å²) in [5.74, 6) is -0.438. The first kappa shape index (κ1) is 12.2. The van der Waals surface area contributed by atoms with Crippen molar-refractivity contribution >= 4 is 16.2 Å². The van der Waals surface area contributed by atoms with E-state index in [2.05, 4.69) is 10.8 Å². The lowest BCUT2D eigenvalue weighted by molar-refractivity contribution is -0.116. The Morgan fingerprint density at radius 1 is 1.62 bits per heavy atom. The first-order valence-corrected chi connectivity index (χ1v) is 4.67. The summed E-state index contributed by atoms with van der Waals surface area (Å²) in [6.07, 6.45) is -0.567. The van der Waals surface area contributed by atoms with Crippen LogP contribution in [0.3, 0.4) is 0 Å². The zero-order valence-electron chi connectivity index (χ0n) is 6.71. The van der Waals surface area contributed by atoms with Crippen LogP contribution in [-0.2, 0) is 19.4 Å². The zero-order chi connectivity index (χ0) is 10.5. The third-order valence-electron chi connectivity index (χ3n) is 1.07. The number of aliphatic hydroxyl groups is 1. The largest absolute Gasteiger partial charge is 0.397 e. The van der Waals surface area contributed by atoms with Gasteiger partial charge in [0.25, 0.3) is 0 Å². The van der Waals surface area contributed by atoms with Crippen molar-refractivity contribution in [3.05, 3.63) is 12.7 Å². The van der Waals surface area contributed by atoms with Crippen LogP contribution >= 0.6 is 0 Å². The van der Waals surface area contributed by atoms with Gasteiger partial charge in [0.15, 0.2) is 5.78 Å². The fourth-order valence-electron chi connectivity index (χ4n) is 0.539. The molecule has 0 fully saturated rings. The standard InChI is InChI=1S/C6H10O6S/c1-2-5(7)3-6(8)4-12-13(9,10)11/h2,6,8H,1,3-4H2,(H,9,10,11). The monoisotopic (exact) mass is 210 g/mol. The molecule has 0 radical (unpaired) electrons. The molecular formula is C6H10O6S. The fourth-order valence-corrected chi connectivity index (χ4v) is 0.868. The summed E-state index contributed by atoms with van der Waals surface area (Å²) in [6.45, 7) is 2.50. The number of hydrogen-bond donors (Lipinski definition) is 2. The molecule has 13 heavy (non-hydrogen) atoms. The van der Waals surface area contributed by atoms with Crippen LogP contribution in [-0.4, -0.2) is 36.6 Å². The van der Waals surface area contributed by atoms with E-state index in [0.717, 1.165) is 6.08 Å². The number of ketones is 1. The van der Waals surface area contributed by atoms with E-state index in [1.807, 2.05) is 0 Å². The first-order valence-electron chi connectivity index (χ1n) is 3.30. The second kappa shape index (κ2) is 5.07. The van der Waals surface area contributed by atoms with Gasteiger partial charge in [0.2, 0.25) is 0 Å². The van der Waals surface area contributed by atoms with Gasteiger partial charge in [-0.05, 0) is 6.08 Å². The minimum absolute atomic E-state index is 0.293. The van der Waals surface area contributed by atoms with Gasteiger partial charge < -0.3 is 5.11 Å². The van der Waals surface area contributed by atoms with Crippen molar-refractivity contribution in [1.82, 2.24) is 0 Å². The van der Waals surface area contributed by atoms with Gasteiger partial charge >= 0.3 is 10.4 Å². The van der Waals surface area contributed by atoms with E-state index in [0.29, 0.717) is 0 Å². The van der Waals surface area contributed by atoms with Crippen LogP contribution in [0.2, 0.25) is 0 Å². The number of rotatable bonds is 6. The average Bonchev–Trinajstić information content (AvgIpc) is 1.99. The molecule has 6 nitrogen and oxygen atoms in total.